The second-order valence-electron chi connectivity index (χ2n) is 5.71. The molecule has 0 bridgehead atoms. The van der Waals surface area contributed by atoms with E-state index in [4.69, 9.17) is 0 Å². The number of nitrogens with zero attached hydrogens (tertiary/aromatic N) is 1. The van der Waals surface area contributed by atoms with Crippen LogP contribution in [-0.2, 0) is 14.8 Å². The van der Waals surface area contributed by atoms with E-state index >= 15 is 0 Å². The monoisotopic (exact) mass is 364 g/mol. The molecular formula is C18H21FN2O3S. The van der Waals surface area contributed by atoms with E-state index in [2.05, 4.69) is 4.72 Å². The van der Waals surface area contributed by atoms with Crippen molar-refractivity contribution in [3.05, 3.63) is 59.4 Å². The number of hydrogen-bond acceptors (Lipinski definition) is 3. The molecule has 0 heterocycles. The minimum absolute atomic E-state index is 0.0715. The molecule has 0 spiro atoms. The largest absolute Gasteiger partial charge is 0.312 e. The number of hydrogen-bond donors (Lipinski definition) is 1. The predicted molar refractivity (Wildman–Crippen MR) is 95.5 cm³/mol. The first-order valence-electron chi connectivity index (χ1n) is 7.87. The lowest BCUT2D eigenvalue weighted by atomic mass is 10.2. The van der Waals surface area contributed by atoms with E-state index in [9.17, 15) is 17.6 Å². The zero-order valence-electron chi connectivity index (χ0n) is 14.4. The topological polar surface area (TPSA) is 66.5 Å². The highest BCUT2D eigenvalue weighted by Gasteiger charge is 2.20. The molecule has 0 atom stereocenters. The normalized spacial score (nSPS) is 11.4. The van der Waals surface area contributed by atoms with Crippen molar-refractivity contribution < 1.29 is 17.6 Å². The van der Waals surface area contributed by atoms with Crippen molar-refractivity contribution in [2.24, 2.45) is 0 Å². The van der Waals surface area contributed by atoms with E-state index < -0.39 is 15.8 Å². The van der Waals surface area contributed by atoms with Gasteiger partial charge in [0.05, 0.1) is 11.4 Å². The second-order valence-corrected chi connectivity index (χ2v) is 7.48. The molecule has 0 saturated carbocycles. The van der Waals surface area contributed by atoms with Gasteiger partial charge in [0.1, 0.15) is 5.82 Å². The summed E-state index contributed by atoms with van der Waals surface area (Å²) in [6.07, 6.45) is 0. The summed E-state index contributed by atoms with van der Waals surface area (Å²) < 4.78 is 40.2. The smallest absolute Gasteiger partial charge is 0.242 e. The van der Waals surface area contributed by atoms with E-state index in [0.717, 1.165) is 11.6 Å². The average molecular weight is 364 g/mol. The molecule has 0 radical (unpaired) electrons. The van der Waals surface area contributed by atoms with Crippen LogP contribution in [0.2, 0.25) is 0 Å². The van der Waals surface area contributed by atoms with Gasteiger partial charge in [-0.15, -0.1) is 0 Å². The van der Waals surface area contributed by atoms with Gasteiger partial charge in [-0.2, -0.15) is 0 Å². The Balaban J connectivity index is 2.12. The zero-order valence-corrected chi connectivity index (χ0v) is 15.2. The summed E-state index contributed by atoms with van der Waals surface area (Å²) in [5.41, 5.74) is 1.94. The number of likely N-dealkylation sites (N-methyl/N-ethyl adjacent to an activating group) is 1. The Morgan fingerprint density at radius 3 is 2.48 bits per heavy atom. The lowest BCUT2D eigenvalue weighted by Crippen LogP contribution is -2.40. The number of carbonyl (C=O) groups excluding carboxylic acids is 1. The SMILES string of the molecule is CCN(C(=O)CNS(=O)(=O)c1ccc(F)c(C)c1)c1cccc(C)c1. The van der Waals surface area contributed by atoms with Crippen LogP contribution >= 0.6 is 0 Å². The number of nitrogens with one attached hydrogen (secondary N) is 1. The van der Waals surface area contributed by atoms with Crippen LogP contribution < -0.4 is 9.62 Å². The summed E-state index contributed by atoms with van der Waals surface area (Å²) in [6, 6.07) is 10.9. The minimum Gasteiger partial charge on any atom is -0.312 e. The van der Waals surface area contributed by atoms with E-state index in [0.29, 0.717) is 12.2 Å². The Morgan fingerprint density at radius 2 is 1.88 bits per heavy atom. The highest BCUT2D eigenvalue weighted by atomic mass is 32.2. The molecule has 0 aliphatic rings. The first-order valence-corrected chi connectivity index (χ1v) is 9.35. The van der Waals surface area contributed by atoms with Gasteiger partial charge in [0, 0.05) is 12.2 Å². The number of amides is 1. The van der Waals surface area contributed by atoms with Gasteiger partial charge in [-0.3, -0.25) is 4.79 Å². The summed E-state index contributed by atoms with van der Waals surface area (Å²) in [7, 11) is -3.89. The average Bonchev–Trinajstić information content (AvgIpc) is 2.56. The molecule has 25 heavy (non-hydrogen) atoms. The molecule has 0 saturated heterocycles. The van der Waals surface area contributed by atoms with Crippen LogP contribution in [0, 0.1) is 19.7 Å². The van der Waals surface area contributed by atoms with Crippen molar-refractivity contribution in [1.29, 1.82) is 0 Å². The van der Waals surface area contributed by atoms with Gasteiger partial charge in [-0.05, 0) is 62.2 Å². The summed E-state index contributed by atoms with van der Waals surface area (Å²) in [4.78, 5) is 13.9. The molecular weight excluding hydrogens is 343 g/mol. The van der Waals surface area contributed by atoms with Crippen LogP contribution in [-0.4, -0.2) is 27.4 Å². The number of rotatable bonds is 6. The molecule has 7 heteroatoms. The van der Waals surface area contributed by atoms with E-state index in [-0.39, 0.29) is 22.9 Å². The number of benzene rings is 2. The number of carbonyl (C=O) groups is 1. The Labute approximate surface area is 147 Å². The van der Waals surface area contributed by atoms with E-state index in [1.54, 1.807) is 6.07 Å². The highest BCUT2D eigenvalue weighted by Crippen LogP contribution is 2.17. The van der Waals surface area contributed by atoms with Gasteiger partial charge >= 0.3 is 0 Å². The molecule has 0 unspecified atom stereocenters. The fourth-order valence-corrected chi connectivity index (χ4v) is 3.48. The first-order chi connectivity index (χ1) is 11.7. The van der Waals surface area contributed by atoms with Crippen LogP contribution in [0.25, 0.3) is 0 Å². The fourth-order valence-electron chi connectivity index (χ4n) is 2.42. The Bertz CT molecular complexity index is 882. The summed E-state index contributed by atoms with van der Waals surface area (Å²) in [5.74, 6) is -0.845. The maximum absolute atomic E-state index is 13.3. The predicted octanol–water partition coefficient (Wildman–Crippen LogP) is 2.77. The van der Waals surface area contributed by atoms with Crippen LogP contribution in [0.5, 0.6) is 0 Å². The summed E-state index contributed by atoms with van der Waals surface area (Å²) in [6.45, 7) is 5.26. The van der Waals surface area contributed by atoms with Crippen molar-refractivity contribution in [2.45, 2.75) is 25.7 Å². The minimum atomic E-state index is -3.89. The third-order valence-corrected chi connectivity index (χ3v) is 5.18. The van der Waals surface area contributed by atoms with Gasteiger partial charge in [0.15, 0.2) is 0 Å². The van der Waals surface area contributed by atoms with Crippen molar-refractivity contribution in [1.82, 2.24) is 4.72 Å². The highest BCUT2D eigenvalue weighted by molar-refractivity contribution is 7.89. The number of sulfonamides is 1. The van der Waals surface area contributed by atoms with Crippen LogP contribution in [0.1, 0.15) is 18.1 Å². The fraction of sp³-hybridized carbons (Fsp3) is 0.278. The molecule has 0 aromatic heterocycles. The number of halogens is 1. The van der Waals surface area contributed by atoms with Crippen molar-refractivity contribution >= 4 is 21.6 Å². The maximum atomic E-state index is 13.3. The van der Waals surface area contributed by atoms with E-state index in [1.807, 2.05) is 32.0 Å². The second kappa shape index (κ2) is 7.76. The lowest BCUT2D eigenvalue weighted by molar-refractivity contribution is -0.117. The Morgan fingerprint density at radius 1 is 1.16 bits per heavy atom. The molecule has 1 N–H and O–H groups in total. The summed E-state index contributed by atoms with van der Waals surface area (Å²) >= 11 is 0. The van der Waals surface area contributed by atoms with Gasteiger partial charge in [-0.1, -0.05) is 12.1 Å². The van der Waals surface area contributed by atoms with Crippen molar-refractivity contribution in [3.8, 4) is 0 Å². The van der Waals surface area contributed by atoms with Crippen LogP contribution in [0.3, 0.4) is 0 Å². The third-order valence-electron chi connectivity index (χ3n) is 3.78. The van der Waals surface area contributed by atoms with Crippen molar-refractivity contribution in [2.75, 3.05) is 18.0 Å². The van der Waals surface area contributed by atoms with Crippen molar-refractivity contribution in [3.63, 3.8) is 0 Å². The standard InChI is InChI=1S/C18H21FN2O3S/c1-4-21(15-7-5-6-13(2)10-15)18(22)12-20-25(23,24)16-8-9-17(19)14(3)11-16/h5-11,20H,4,12H2,1-3H3. The molecule has 1 amide bonds. The summed E-state index contributed by atoms with van der Waals surface area (Å²) in [5, 5.41) is 0. The number of anilines is 1. The zero-order chi connectivity index (χ0) is 18.6. The quantitative estimate of drug-likeness (QED) is 0.857. The molecule has 0 fully saturated rings. The Kier molecular flexibility index (Phi) is 5.92. The van der Waals surface area contributed by atoms with Gasteiger partial charge in [-0.25, -0.2) is 17.5 Å². The Hall–Kier alpha value is -2.25. The van der Waals surface area contributed by atoms with Gasteiger partial charge in [0.25, 0.3) is 0 Å². The van der Waals surface area contributed by atoms with Gasteiger partial charge < -0.3 is 4.90 Å². The first kappa shape index (κ1) is 19.1. The third kappa shape index (κ3) is 4.64. The molecule has 2 aromatic carbocycles. The molecule has 134 valence electrons. The van der Waals surface area contributed by atoms with Crippen LogP contribution in [0.15, 0.2) is 47.4 Å². The molecule has 2 rings (SSSR count). The molecule has 0 aliphatic carbocycles. The molecule has 2 aromatic rings. The van der Waals surface area contributed by atoms with Gasteiger partial charge in [0.2, 0.25) is 15.9 Å². The molecule has 0 aliphatic heterocycles. The maximum Gasteiger partial charge on any atom is 0.242 e. The van der Waals surface area contributed by atoms with Crippen LogP contribution in [0.4, 0.5) is 10.1 Å². The molecule has 5 nitrogen and oxygen atoms in total. The lowest BCUT2D eigenvalue weighted by Gasteiger charge is -2.21. The van der Waals surface area contributed by atoms with E-state index in [1.165, 1.54) is 24.0 Å². The number of aryl methyl sites for hydroxylation is 2.